The van der Waals surface area contributed by atoms with Gasteiger partial charge in [0.05, 0.1) is 15.7 Å². The standard InChI is InChI=1S/C10H10FNS/c1-6(2)8-3-7(11)4-9-10(8)12-5-13-9/h3-6H,1-2H3. The fourth-order valence-corrected chi connectivity index (χ4v) is 2.13. The molecule has 0 N–H and O–H groups in total. The van der Waals surface area contributed by atoms with Crippen LogP contribution in [0.4, 0.5) is 4.39 Å². The lowest BCUT2D eigenvalue weighted by Crippen LogP contribution is -1.90. The zero-order valence-electron chi connectivity index (χ0n) is 7.54. The molecule has 68 valence electrons. The molecule has 0 bridgehead atoms. The molecule has 0 radical (unpaired) electrons. The van der Waals surface area contributed by atoms with E-state index in [1.807, 2.05) is 13.8 Å². The Morgan fingerprint density at radius 2 is 2.15 bits per heavy atom. The molecule has 1 aromatic heterocycles. The fraction of sp³-hybridized carbons (Fsp3) is 0.300. The van der Waals surface area contributed by atoms with Gasteiger partial charge in [0.25, 0.3) is 0 Å². The smallest absolute Gasteiger partial charge is 0.125 e. The van der Waals surface area contributed by atoms with Crippen LogP contribution in [0.3, 0.4) is 0 Å². The molecule has 0 fully saturated rings. The SMILES string of the molecule is CC(C)c1cc(F)cc2scnc12. The number of fused-ring (bicyclic) bond motifs is 1. The van der Waals surface area contributed by atoms with Gasteiger partial charge >= 0.3 is 0 Å². The van der Waals surface area contributed by atoms with Gasteiger partial charge < -0.3 is 0 Å². The van der Waals surface area contributed by atoms with Crippen molar-refractivity contribution in [3.05, 3.63) is 29.0 Å². The maximum atomic E-state index is 13.1. The monoisotopic (exact) mass is 195 g/mol. The van der Waals surface area contributed by atoms with Crippen LogP contribution in [0, 0.1) is 5.82 Å². The van der Waals surface area contributed by atoms with E-state index in [1.165, 1.54) is 11.3 Å². The van der Waals surface area contributed by atoms with Gasteiger partial charge in [0, 0.05) is 0 Å². The molecule has 2 aromatic rings. The molecule has 1 nitrogen and oxygen atoms in total. The molecule has 0 saturated heterocycles. The molecule has 2 rings (SSSR count). The van der Waals surface area contributed by atoms with Crippen LogP contribution >= 0.6 is 11.3 Å². The van der Waals surface area contributed by atoms with Crippen molar-refractivity contribution in [1.82, 2.24) is 4.98 Å². The second kappa shape index (κ2) is 3.07. The molecule has 13 heavy (non-hydrogen) atoms. The molecular weight excluding hydrogens is 185 g/mol. The molecule has 0 saturated carbocycles. The summed E-state index contributed by atoms with van der Waals surface area (Å²) in [6.07, 6.45) is 0. The molecule has 0 aliphatic heterocycles. The molecule has 0 unspecified atom stereocenters. The predicted molar refractivity (Wildman–Crippen MR) is 53.7 cm³/mol. The Kier molecular flexibility index (Phi) is 2.04. The van der Waals surface area contributed by atoms with E-state index in [-0.39, 0.29) is 5.82 Å². The Hall–Kier alpha value is -0.960. The van der Waals surface area contributed by atoms with Gasteiger partial charge in [-0.3, -0.25) is 0 Å². The van der Waals surface area contributed by atoms with Gasteiger partial charge in [0.2, 0.25) is 0 Å². The molecule has 1 aromatic carbocycles. The van der Waals surface area contributed by atoms with Crippen LogP contribution in [0.25, 0.3) is 10.2 Å². The third-order valence-corrected chi connectivity index (χ3v) is 2.83. The lowest BCUT2D eigenvalue weighted by Gasteiger charge is -2.05. The Labute approximate surface area is 80.2 Å². The van der Waals surface area contributed by atoms with Crippen LogP contribution < -0.4 is 0 Å². The minimum absolute atomic E-state index is 0.166. The minimum Gasteiger partial charge on any atom is -0.244 e. The maximum Gasteiger partial charge on any atom is 0.125 e. The summed E-state index contributed by atoms with van der Waals surface area (Å²) in [5.74, 6) is 0.153. The lowest BCUT2D eigenvalue weighted by molar-refractivity contribution is 0.626. The van der Waals surface area contributed by atoms with Crippen LogP contribution in [-0.2, 0) is 0 Å². The third-order valence-electron chi connectivity index (χ3n) is 2.05. The Morgan fingerprint density at radius 3 is 2.85 bits per heavy atom. The maximum absolute atomic E-state index is 13.1. The van der Waals surface area contributed by atoms with Gasteiger partial charge in [-0.25, -0.2) is 9.37 Å². The van der Waals surface area contributed by atoms with Gasteiger partial charge in [-0.1, -0.05) is 13.8 Å². The molecule has 1 heterocycles. The van der Waals surface area contributed by atoms with Gasteiger partial charge in [-0.15, -0.1) is 11.3 Å². The van der Waals surface area contributed by atoms with Crippen molar-refractivity contribution in [3.63, 3.8) is 0 Å². The highest BCUT2D eigenvalue weighted by Gasteiger charge is 2.09. The number of benzene rings is 1. The fourth-order valence-electron chi connectivity index (χ4n) is 1.40. The van der Waals surface area contributed by atoms with E-state index in [1.54, 1.807) is 17.6 Å². The highest BCUT2D eigenvalue weighted by molar-refractivity contribution is 7.16. The number of thiazole rings is 1. The van der Waals surface area contributed by atoms with E-state index in [0.29, 0.717) is 5.92 Å². The minimum atomic E-state index is -0.166. The number of halogens is 1. The van der Waals surface area contributed by atoms with Crippen LogP contribution in [0.2, 0.25) is 0 Å². The molecular formula is C10H10FNS. The van der Waals surface area contributed by atoms with Crippen LogP contribution in [-0.4, -0.2) is 4.98 Å². The first-order valence-electron chi connectivity index (χ1n) is 4.21. The number of aromatic nitrogens is 1. The first-order chi connectivity index (χ1) is 6.18. The van der Waals surface area contributed by atoms with Crippen molar-refractivity contribution in [2.45, 2.75) is 19.8 Å². The van der Waals surface area contributed by atoms with E-state index in [9.17, 15) is 4.39 Å². The van der Waals surface area contributed by atoms with E-state index >= 15 is 0 Å². The second-order valence-corrected chi connectivity index (χ2v) is 4.24. The summed E-state index contributed by atoms with van der Waals surface area (Å²) in [4.78, 5) is 4.23. The summed E-state index contributed by atoms with van der Waals surface area (Å²) in [6.45, 7) is 4.10. The quantitative estimate of drug-likeness (QED) is 0.678. The average molecular weight is 195 g/mol. The number of hydrogen-bond acceptors (Lipinski definition) is 2. The summed E-state index contributed by atoms with van der Waals surface area (Å²) >= 11 is 1.48. The largest absolute Gasteiger partial charge is 0.244 e. The molecule has 3 heteroatoms. The Balaban J connectivity index is 2.77. The third kappa shape index (κ3) is 1.44. The van der Waals surface area contributed by atoms with E-state index < -0.39 is 0 Å². The van der Waals surface area contributed by atoms with Crippen molar-refractivity contribution in [3.8, 4) is 0 Å². The van der Waals surface area contributed by atoms with E-state index in [0.717, 1.165) is 15.8 Å². The molecule has 0 atom stereocenters. The highest BCUT2D eigenvalue weighted by atomic mass is 32.1. The Morgan fingerprint density at radius 1 is 1.38 bits per heavy atom. The summed E-state index contributed by atoms with van der Waals surface area (Å²) in [5, 5.41) is 0. The van der Waals surface area contributed by atoms with Crippen molar-refractivity contribution >= 4 is 21.6 Å². The molecule has 0 amide bonds. The van der Waals surface area contributed by atoms with Crippen molar-refractivity contribution in [1.29, 1.82) is 0 Å². The summed E-state index contributed by atoms with van der Waals surface area (Å²) < 4.78 is 14.0. The highest BCUT2D eigenvalue weighted by Crippen LogP contribution is 2.27. The first kappa shape index (κ1) is 8.63. The van der Waals surface area contributed by atoms with Gasteiger partial charge in [0.15, 0.2) is 0 Å². The molecule has 0 aliphatic carbocycles. The second-order valence-electron chi connectivity index (χ2n) is 3.35. The van der Waals surface area contributed by atoms with Crippen molar-refractivity contribution in [2.24, 2.45) is 0 Å². The van der Waals surface area contributed by atoms with E-state index in [2.05, 4.69) is 4.98 Å². The van der Waals surface area contributed by atoms with Crippen LogP contribution in [0.5, 0.6) is 0 Å². The number of rotatable bonds is 1. The normalized spacial score (nSPS) is 11.4. The van der Waals surface area contributed by atoms with Gasteiger partial charge in [-0.05, 0) is 23.6 Å². The van der Waals surface area contributed by atoms with Crippen LogP contribution in [0.15, 0.2) is 17.6 Å². The lowest BCUT2D eigenvalue weighted by atomic mass is 10.0. The topological polar surface area (TPSA) is 12.9 Å². The summed E-state index contributed by atoms with van der Waals surface area (Å²) in [5.41, 5.74) is 3.70. The van der Waals surface area contributed by atoms with E-state index in [4.69, 9.17) is 0 Å². The van der Waals surface area contributed by atoms with Gasteiger partial charge in [0.1, 0.15) is 5.82 Å². The zero-order chi connectivity index (χ0) is 9.42. The molecule has 0 aliphatic rings. The van der Waals surface area contributed by atoms with Crippen LogP contribution in [0.1, 0.15) is 25.3 Å². The number of hydrogen-bond donors (Lipinski definition) is 0. The Bertz CT molecular complexity index is 433. The predicted octanol–water partition coefficient (Wildman–Crippen LogP) is 3.56. The summed E-state index contributed by atoms with van der Waals surface area (Å²) in [7, 11) is 0. The van der Waals surface area contributed by atoms with Crippen molar-refractivity contribution < 1.29 is 4.39 Å². The zero-order valence-corrected chi connectivity index (χ0v) is 8.36. The van der Waals surface area contributed by atoms with Crippen molar-refractivity contribution in [2.75, 3.05) is 0 Å². The average Bonchev–Trinajstić information content (AvgIpc) is 2.49. The first-order valence-corrected chi connectivity index (χ1v) is 5.09. The molecule has 0 spiro atoms. The number of nitrogens with zero attached hydrogens (tertiary/aromatic N) is 1. The van der Waals surface area contributed by atoms with Gasteiger partial charge in [-0.2, -0.15) is 0 Å². The summed E-state index contributed by atoms with van der Waals surface area (Å²) in [6, 6.07) is 3.12.